The monoisotopic (exact) mass is 374 g/mol. The minimum absolute atomic E-state index is 0.0811. The van der Waals surface area contributed by atoms with Crippen LogP contribution in [0, 0.1) is 0 Å². The predicted molar refractivity (Wildman–Crippen MR) is 103 cm³/mol. The second-order valence-corrected chi connectivity index (χ2v) is 6.78. The van der Waals surface area contributed by atoms with Crippen molar-refractivity contribution in [3.63, 3.8) is 0 Å². The fraction of sp³-hybridized carbons (Fsp3) is 0.412. The van der Waals surface area contributed by atoms with Gasteiger partial charge in [-0.1, -0.05) is 13.8 Å². The number of likely N-dealkylation sites (N-methyl/N-ethyl adjacent to an activating group) is 1. The van der Waals surface area contributed by atoms with Gasteiger partial charge in [-0.2, -0.15) is 5.10 Å². The first-order valence-electron chi connectivity index (χ1n) is 8.58. The lowest BCUT2D eigenvalue weighted by Crippen LogP contribution is -2.27. The van der Waals surface area contributed by atoms with Crippen molar-refractivity contribution in [1.82, 2.24) is 24.2 Å². The number of amides is 1. The van der Waals surface area contributed by atoms with Crippen LogP contribution < -0.4 is 10.9 Å². The van der Waals surface area contributed by atoms with Crippen molar-refractivity contribution in [1.29, 1.82) is 0 Å². The molecule has 3 heterocycles. The van der Waals surface area contributed by atoms with Gasteiger partial charge in [0.25, 0.3) is 5.56 Å². The number of nitrogens with zero attached hydrogens (tertiary/aromatic N) is 5. The number of aromatic nitrogens is 4. The predicted octanol–water partition coefficient (Wildman–Crippen LogP) is 1.63. The van der Waals surface area contributed by atoms with Gasteiger partial charge in [0.15, 0.2) is 0 Å². The summed E-state index contributed by atoms with van der Waals surface area (Å²) in [6, 6.07) is 1.73. The molecular weight excluding hydrogens is 352 g/mol. The van der Waals surface area contributed by atoms with Crippen LogP contribution in [-0.4, -0.2) is 49.8 Å². The maximum absolute atomic E-state index is 12.3. The van der Waals surface area contributed by atoms with E-state index in [1.807, 2.05) is 5.38 Å². The van der Waals surface area contributed by atoms with Gasteiger partial charge >= 0.3 is 0 Å². The Morgan fingerprint density at radius 3 is 2.92 bits per heavy atom. The van der Waals surface area contributed by atoms with E-state index in [2.05, 4.69) is 34.1 Å². The third kappa shape index (κ3) is 4.17. The topological polar surface area (TPSA) is 85.0 Å². The van der Waals surface area contributed by atoms with E-state index in [1.54, 1.807) is 23.1 Å². The van der Waals surface area contributed by atoms with Crippen LogP contribution in [0.3, 0.4) is 0 Å². The van der Waals surface area contributed by atoms with Crippen LogP contribution in [0.5, 0.6) is 0 Å². The molecule has 1 N–H and O–H groups in total. The van der Waals surface area contributed by atoms with Crippen molar-refractivity contribution in [3.05, 3.63) is 40.5 Å². The minimum Gasteiger partial charge on any atom is -0.322 e. The number of hydrogen-bond acceptors (Lipinski definition) is 6. The molecular formula is C17H22N6O2S. The first-order chi connectivity index (χ1) is 12.6. The Hall–Kier alpha value is -2.52. The normalized spacial score (nSPS) is 11.3. The van der Waals surface area contributed by atoms with Gasteiger partial charge in [-0.15, -0.1) is 11.3 Å². The zero-order valence-corrected chi connectivity index (χ0v) is 15.7. The average Bonchev–Trinajstić information content (AvgIpc) is 3.28. The van der Waals surface area contributed by atoms with Crippen LogP contribution in [0.1, 0.15) is 13.8 Å². The quantitative estimate of drug-likeness (QED) is 0.648. The summed E-state index contributed by atoms with van der Waals surface area (Å²) in [6.07, 6.45) is 4.82. The molecule has 0 saturated heterocycles. The molecule has 138 valence electrons. The highest BCUT2D eigenvalue weighted by Gasteiger charge is 2.10. The molecule has 0 bridgehead atoms. The number of carbonyl (C=O) groups excluding carboxylic acids is 1. The van der Waals surface area contributed by atoms with Crippen molar-refractivity contribution < 1.29 is 4.79 Å². The molecule has 0 aliphatic carbocycles. The van der Waals surface area contributed by atoms with Crippen molar-refractivity contribution >= 4 is 33.1 Å². The highest BCUT2D eigenvalue weighted by atomic mass is 32.1. The van der Waals surface area contributed by atoms with Crippen molar-refractivity contribution in [2.75, 3.05) is 25.0 Å². The smallest absolute Gasteiger partial charge is 0.262 e. The van der Waals surface area contributed by atoms with Gasteiger partial charge in [-0.3, -0.25) is 18.8 Å². The van der Waals surface area contributed by atoms with Gasteiger partial charge in [0, 0.05) is 12.7 Å². The number of carbonyl (C=O) groups is 1. The molecule has 0 saturated carbocycles. The van der Waals surface area contributed by atoms with Gasteiger partial charge in [-0.25, -0.2) is 4.98 Å². The van der Waals surface area contributed by atoms with E-state index in [0.29, 0.717) is 15.9 Å². The lowest BCUT2D eigenvalue weighted by atomic mass is 10.4. The number of rotatable bonds is 8. The minimum atomic E-state index is -0.285. The van der Waals surface area contributed by atoms with Crippen molar-refractivity contribution in [2.24, 2.45) is 0 Å². The summed E-state index contributed by atoms with van der Waals surface area (Å²) in [5.74, 6) is -0.285. The summed E-state index contributed by atoms with van der Waals surface area (Å²) < 4.78 is 3.12. The molecule has 0 aliphatic rings. The van der Waals surface area contributed by atoms with Crippen LogP contribution in [0.25, 0.3) is 10.2 Å². The Morgan fingerprint density at radius 2 is 2.15 bits per heavy atom. The van der Waals surface area contributed by atoms with Gasteiger partial charge in [-0.05, 0) is 24.5 Å². The van der Waals surface area contributed by atoms with E-state index in [4.69, 9.17) is 0 Å². The van der Waals surface area contributed by atoms with Crippen LogP contribution >= 0.6 is 11.3 Å². The van der Waals surface area contributed by atoms with Gasteiger partial charge in [0.1, 0.15) is 11.4 Å². The SMILES string of the molecule is CCN(CC)CCn1cc(NC(=O)Cn2cnc3sccc3c2=O)cn1. The standard InChI is InChI=1S/C17H22N6O2S/c1-3-21(4-2)6-7-23-10-13(9-19-23)20-15(24)11-22-12-18-16-14(17(22)25)5-8-26-16/h5,8-10,12H,3-4,6-7,11H2,1-2H3,(H,20,24). The lowest BCUT2D eigenvalue weighted by Gasteiger charge is -2.17. The summed E-state index contributed by atoms with van der Waals surface area (Å²) in [5.41, 5.74) is 0.411. The average molecular weight is 374 g/mol. The Morgan fingerprint density at radius 1 is 1.35 bits per heavy atom. The van der Waals surface area contributed by atoms with Gasteiger partial charge < -0.3 is 10.2 Å². The van der Waals surface area contributed by atoms with Crippen LogP contribution in [-0.2, 0) is 17.9 Å². The van der Waals surface area contributed by atoms with E-state index in [-0.39, 0.29) is 18.0 Å². The molecule has 0 atom stereocenters. The molecule has 26 heavy (non-hydrogen) atoms. The van der Waals surface area contributed by atoms with Crippen LogP contribution in [0.15, 0.2) is 35.0 Å². The summed E-state index contributed by atoms with van der Waals surface area (Å²) in [6.45, 7) is 7.84. The lowest BCUT2D eigenvalue weighted by molar-refractivity contribution is -0.116. The van der Waals surface area contributed by atoms with E-state index >= 15 is 0 Å². The molecule has 1 amide bonds. The Balaban J connectivity index is 1.59. The summed E-state index contributed by atoms with van der Waals surface area (Å²) in [5, 5.41) is 9.39. The van der Waals surface area contributed by atoms with Crippen LogP contribution in [0.2, 0.25) is 0 Å². The summed E-state index contributed by atoms with van der Waals surface area (Å²) in [7, 11) is 0. The molecule has 0 aliphatic heterocycles. The first kappa shape index (κ1) is 18.3. The van der Waals surface area contributed by atoms with Crippen LogP contribution in [0.4, 0.5) is 5.69 Å². The molecule has 0 fully saturated rings. The van der Waals surface area contributed by atoms with E-state index < -0.39 is 0 Å². The first-order valence-corrected chi connectivity index (χ1v) is 9.46. The molecule has 0 aromatic carbocycles. The Bertz CT molecular complexity index is 940. The molecule has 9 heteroatoms. The number of anilines is 1. The van der Waals surface area contributed by atoms with E-state index in [0.717, 1.165) is 26.2 Å². The molecule has 0 unspecified atom stereocenters. The number of nitrogens with one attached hydrogen (secondary N) is 1. The van der Waals surface area contributed by atoms with E-state index in [1.165, 1.54) is 22.2 Å². The molecule has 0 spiro atoms. The Kier molecular flexibility index (Phi) is 5.79. The van der Waals surface area contributed by atoms with Gasteiger partial charge in [0.2, 0.25) is 5.91 Å². The molecule has 3 rings (SSSR count). The van der Waals surface area contributed by atoms with Crippen molar-refractivity contribution in [3.8, 4) is 0 Å². The zero-order chi connectivity index (χ0) is 18.5. The third-order valence-electron chi connectivity index (χ3n) is 4.22. The van der Waals surface area contributed by atoms with E-state index in [9.17, 15) is 9.59 Å². The molecule has 8 nitrogen and oxygen atoms in total. The summed E-state index contributed by atoms with van der Waals surface area (Å²) in [4.78, 5) is 31.7. The van der Waals surface area contributed by atoms with Gasteiger partial charge in [0.05, 0.1) is 30.1 Å². The number of thiophene rings is 1. The van der Waals surface area contributed by atoms with Crippen molar-refractivity contribution in [2.45, 2.75) is 26.9 Å². The third-order valence-corrected chi connectivity index (χ3v) is 5.04. The number of fused-ring (bicyclic) bond motifs is 1. The second kappa shape index (κ2) is 8.24. The molecule has 3 aromatic rings. The molecule has 3 aromatic heterocycles. The summed E-state index contributed by atoms with van der Waals surface area (Å²) >= 11 is 1.40. The zero-order valence-electron chi connectivity index (χ0n) is 14.9. The highest BCUT2D eigenvalue weighted by Crippen LogP contribution is 2.13. The maximum atomic E-state index is 12.3. The largest absolute Gasteiger partial charge is 0.322 e. The second-order valence-electron chi connectivity index (χ2n) is 5.88. The Labute approximate surface area is 155 Å². The fourth-order valence-corrected chi connectivity index (χ4v) is 3.42. The highest BCUT2D eigenvalue weighted by molar-refractivity contribution is 7.16. The molecule has 0 radical (unpaired) electrons. The maximum Gasteiger partial charge on any atom is 0.262 e. The number of hydrogen-bond donors (Lipinski definition) is 1. The fourth-order valence-electron chi connectivity index (χ4n) is 2.70.